The summed E-state index contributed by atoms with van der Waals surface area (Å²) in [4.78, 5) is 37.5. The minimum absolute atomic E-state index is 0.176. The zero-order valence-corrected chi connectivity index (χ0v) is 51.5. The molecule has 9 heteroatoms. The molecule has 76 heavy (non-hydrogen) atoms. The van der Waals surface area contributed by atoms with Gasteiger partial charge in [-0.25, -0.2) is 4.79 Å². The molecule has 0 aromatic rings. The average Bonchev–Trinajstić information content (AvgIpc) is 3.39. The van der Waals surface area contributed by atoms with E-state index in [4.69, 9.17) is 18.9 Å². The summed E-state index contributed by atoms with van der Waals surface area (Å²) in [7, 11) is 5.99. The van der Waals surface area contributed by atoms with Crippen molar-refractivity contribution in [3.63, 3.8) is 0 Å². The summed E-state index contributed by atoms with van der Waals surface area (Å²) < 4.78 is 23.0. The van der Waals surface area contributed by atoms with Gasteiger partial charge < -0.3 is 28.5 Å². The third-order valence-electron chi connectivity index (χ3n) is 15.3. The maximum Gasteiger partial charge on any atom is 0.361 e. The van der Waals surface area contributed by atoms with Gasteiger partial charge in [-0.15, -0.1) is 0 Å². The molecule has 0 fully saturated rings. The number of quaternary nitrogens is 1. The molecule has 0 amide bonds. The molecule has 450 valence electrons. The van der Waals surface area contributed by atoms with E-state index in [1.165, 1.54) is 276 Å². The molecule has 0 aromatic carbocycles. The van der Waals surface area contributed by atoms with Crippen LogP contribution in [-0.4, -0.2) is 87.4 Å². The van der Waals surface area contributed by atoms with E-state index in [-0.39, 0.29) is 38.2 Å². The fraction of sp³-hybridized carbons (Fsp3) is 0.925. The van der Waals surface area contributed by atoms with Crippen LogP contribution in [0.1, 0.15) is 341 Å². The number of ether oxygens (including phenoxy) is 4. The van der Waals surface area contributed by atoms with Gasteiger partial charge >= 0.3 is 17.9 Å². The predicted octanol–water partition coefficient (Wildman–Crippen LogP) is 20.1. The normalized spacial score (nSPS) is 12.7. The zero-order chi connectivity index (χ0) is 55.5. The van der Waals surface area contributed by atoms with Crippen LogP contribution in [0.3, 0.4) is 0 Å². The Morgan fingerprint density at radius 1 is 0.382 bits per heavy atom. The zero-order valence-electron chi connectivity index (χ0n) is 51.5. The predicted molar refractivity (Wildman–Crippen MR) is 323 cm³/mol. The molecule has 0 aliphatic carbocycles. The van der Waals surface area contributed by atoms with Gasteiger partial charge in [0.1, 0.15) is 13.2 Å². The van der Waals surface area contributed by atoms with E-state index >= 15 is 0 Å². The maximum absolute atomic E-state index is 12.9. The lowest BCUT2D eigenvalue weighted by Gasteiger charge is -2.25. The molecule has 0 aromatic heterocycles. The van der Waals surface area contributed by atoms with Crippen LogP contribution in [0.5, 0.6) is 0 Å². The third-order valence-corrected chi connectivity index (χ3v) is 15.3. The summed E-state index contributed by atoms with van der Waals surface area (Å²) in [5.74, 6) is -1.98. The Kier molecular flexibility index (Phi) is 57.6. The van der Waals surface area contributed by atoms with Crippen LogP contribution in [0, 0.1) is 0 Å². The highest BCUT2D eigenvalue weighted by Crippen LogP contribution is 2.19. The van der Waals surface area contributed by atoms with E-state index in [0.717, 1.165) is 38.5 Å². The van der Waals surface area contributed by atoms with Crippen molar-refractivity contribution in [3.05, 3.63) is 12.2 Å². The Morgan fingerprint density at radius 3 is 0.974 bits per heavy atom. The first-order valence-corrected chi connectivity index (χ1v) is 33.4. The number of carboxylic acids is 1. The molecule has 0 bridgehead atoms. The van der Waals surface area contributed by atoms with E-state index in [9.17, 15) is 19.5 Å². The van der Waals surface area contributed by atoms with Gasteiger partial charge in [-0.05, 0) is 38.5 Å². The standard InChI is InChI=1S/C67H129NO8/c1-6-8-10-12-14-16-18-20-22-24-26-28-29-30-31-32-33-34-35-36-38-39-41-43-45-47-49-51-53-55-57-64(69)74-61-63(62-75-67(66(71)72)73-60-59-68(3,4)5)76-65(70)58-56-54-52-50-48-46-44-42-40-37-27-25-23-21-19-17-15-13-11-9-7-2/h25,27,63,67H,6-24,26,28-62H2,1-5H3/p+1/b27-25-. The summed E-state index contributed by atoms with van der Waals surface area (Å²) in [5.41, 5.74) is 0. The minimum Gasteiger partial charge on any atom is -0.477 e. The van der Waals surface area contributed by atoms with Gasteiger partial charge in [-0.2, -0.15) is 0 Å². The second-order valence-corrected chi connectivity index (χ2v) is 24.1. The van der Waals surface area contributed by atoms with Crippen molar-refractivity contribution in [3.8, 4) is 0 Å². The molecule has 0 radical (unpaired) electrons. The van der Waals surface area contributed by atoms with E-state index in [1.807, 2.05) is 21.1 Å². The lowest BCUT2D eigenvalue weighted by atomic mass is 10.0. The van der Waals surface area contributed by atoms with Crippen LogP contribution >= 0.6 is 0 Å². The number of carboxylic acid groups (broad SMARTS) is 1. The van der Waals surface area contributed by atoms with Gasteiger partial charge in [0.15, 0.2) is 6.10 Å². The molecule has 0 rings (SSSR count). The van der Waals surface area contributed by atoms with Gasteiger partial charge in [0.25, 0.3) is 6.29 Å². The molecule has 0 saturated carbocycles. The highest BCUT2D eigenvalue weighted by atomic mass is 16.7. The fourth-order valence-electron chi connectivity index (χ4n) is 10.1. The van der Waals surface area contributed by atoms with Gasteiger partial charge in [0.05, 0.1) is 34.4 Å². The van der Waals surface area contributed by atoms with E-state index in [0.29, 0.717) is 17.4 Å². The van der Waals surface area contributed by atoms with Crippen molar-refractivity contribution in [2.45, 2.75) is 354 Å². The number of hydrogen-bond donors (Lipinski definition) is 1. The number of hydrogen-bond acceptors (Lipinski definition) is 7. The molecule has 1 N–H and O–H groups in total. The Morgan fingerprint density at radius 2 is 0.671 bits per heavy atom. The Balaban J connectivity index is 4.07. The molecule has 9 nitrogen and oxygen atoms in total. The van der Waals surface area contributed by atoms with Crippen LogP contribution < -0.4 is 0 Å². The van der Waals surface area contributed by atoms with Crippen molar-refractivity contribution in [1.29, 1.82) is 0 Å². The van der Waals surface area contributed by atoms with Crippen molar-refractivity contribution in [1.82, 2.24) is 0 Å². The SMILES string of the molecule is CCCCCCCCCC/C=C\CCCCCCCCCCCC(=O)OC(COC(=O)CCCCCCCCCCCCCCCCCCCCCCCCCCCCCCCC)COC(OCC[N+](C)(C)C)C(=O)O. The summed E-state index contributed by atoms with van der Waals surface area (Å²) in [5, 5.41) is 9.73. The molecular formula is C67H130NO8+. The van der Waals surface area contributed by atoms with Gasteiger partial charge in [-0.1, -0.05) is 302 Å². The van der Waals surface area contributed by atoms with Crippen LogP contribution in [0.4, 0.5) is 0 Å². The second-order valence-electron chi connectivity index (χ2n) is 24.1. The number of likely N-dealkylation sites (N-methyl/N-ethyl adjacent to an activating group) is 1. The van der Waals surface area contributed by atoms with Crippen molar-refractivity contribution >= 4 is 17.9 Å². The molecule has 2 unspecified atom stereocenters. The quantitative estimate of drug-likeness (QED) is 0.0211. The molecule has 0 spiro atoms. The van der Waals surface area contributed by atoms with Crippen molar-refractivity contribution < 1.29 is 42.9 Å². The first-order valence-electron chi connectivity index (χ1n) is 33.4. The summed E-state index contributed by atoms with van der Waals surface area (Å²) in [6.45, 7) is 4.95. The van der Waals surface area contributed by atoms with Crippen LogP contribution in [0.25, 0.3) is 0 Å². The minimum atomic E-state index is -1.51. The molecular weight excluding hydrogens is 947 g/mol. The first kappa shape index (κ1) is 74.0. The monoisotopic (exact) mass is 1080 g/mol. The van der Waals surface area contributed by atoms with Crippen molar-refractivity contribution in [2.75, 3.05) is 47.5 Å². The van der Waals surface area contributed by atoms with E-state index < -0.39 is 18.4 Å². The molecule has 0 saturated heterocycles. The summed E-state index contributed by atoms with van der Waals surface area (Å²) >= 11 is 0. The number of esters is 2. The Bertz CT molecular complexity index is 1250. The number of unbranched alkanes of at least 4 members (excludes halogenated alkanes) is 46. The number of aliphatic carboxylic acids is 1. The lowest BCUT2D eigenvalue weighted by Crippen LogP contribution is -2.40. The van der Waals surface area contributed by atoms with E-state index in [1.54, 1.807) is 0 Å². The summed E-state index contributed by atoms with van der Waals surface area (Å²) in [6, 6.07) is 0. The molecule has 0 aliphatic heterocycles. The van der Waals surface area contributed by atoms with Gasteiger partial charge in [-0.3, -0.25) is 9.59 Å². The van der Waals surface area contributed by atoms with Crippen LogP contribution in [0.15, 0.2) is 12.2 Å². The topological polar surface area (TPSA) is 108 Å². The van der Waals surface area contributed by atoms with E-state index in [2.05, 4.69) is 26.0 Å². The first-order chi connectivity index (χ1) is 37.1. The number of carbonyl (C=O) groups excluding carboxylic acids is 2. The average molecular weight is 1080 g/mol. The fourth-order valence-corrected chi connectivity index (χ4v) is 10.1. The smallest absolute Gasteiger partial charge is 0.361 e. The number of rotatable bonds is 63. The maximum atomic E-state index is 12.9. The molecule has 2 atom stereocenters. The van der Waals surface area contributed by atoms with Gasteiger partial charge in [0.2, 0.25) is 0 Å². The highest BCUT2D eigenvalue weighted by molar-refractivity contribution is 5.71. The lowest BCUT2D eigenvalue weighted by molar-refractivity contribution is -0.870. The third kappa shape index (κ3) is 59.7. The summed E-state index contributed by atoms with van der Waals surface area (Å²) in [6.07, 6.45) is 67.5. The van der Waals surface area contributed by atoms with Crippen LogP contribution in [-0.2, 0) is 33.3 Å². The second kappa shape index (κ2) is 59.2. The number of nitrogens with zero attached hydrogens (tertiary/aromatic N) is 1. The Labute approximate surface area is 472 Å². The largest absolute Gasteiger partial charge is 0.477 e. The molecule has 0 heterocycles. The number of carbonyl (C=O) groups is 3. The van der Waals surface area contributed by atoms with Crippen LogP contribution in [0.2, 0.25) is 0 Å². The number of allylic oxidation sites excluding steroid dienone is 2. The highest BCUT2D eigenvalue weighted by Gasteiger charge is 2.25. The van der Waals surface area contributed by atoms with Gasteiger partial charge in [0, 0.05) is 12.8 Å². The Hall–Kier alpha value is -1.97. The van der Waals surface area contributed by atoms with Crippen molar-refractivity contribution in [2.24, 2.45) is 0 Å². The molecule has 0 aliphatic rings.